The smallest absolute Gasteiger partial charge is 0.433 e. The Morgan fingerprint density at radius 1 is 1.03 bits per heavy atom. The summed E-state index contributed by atoms with van der Waals surface area (Å²) in [6.45, 7) is 5.83. The number of carbonyl (C=O) groups excluding carboxylic acids is 1. The highest BCUT2D eigenvalue weighted by atomic mass is 32.2. The second-order valence-electron chi connectivity index (χ2n) is 9.56. The van der Waals surface area contributed by atoms with E-state index in [1.54, 1.807) is 12.1 Å². The van der Waals surface area contributed by atoms with Crippen LogP contribution in [0, 0.1) is 0 Å². The molecule has 0 N–H and O–H groups in total. The van der Waals surface area contributed by atoms with Gasteiger partial charge in [-0.1, -0.05) is 32.9 Å². The Morgan fingerprint density at radius 2 is 1.76 bits per heavy atom. The zero-order valence-corrected chi connectivity index (χ0v) is 21.3. The number of halogens is 3. The number of aromatic nitrogens is 3. The van der Waals surface area contributed by atoms with Crippen molar-refractivity contribution in [3.05, 3.63) is 89.1 Å². The Hall–Kier alpha value is -3.73. The molecular formula is C26H24F3N3O4S. The van der Waals surface area contributed by atoms with Crippen molar-refractivity contribution in [1.82, 2.24) is 13.9 Å². The predicted molar refractivity (Wildman–Crippen MR) is 131 cm³/mol. The van der Waals surface area contributed by atoms with Crippen molar-refractivity contribution in [2.24, 2.45) is 0 Å². The minimum atomic E-state index is -4.70. The number of carbonyl (C=O) groups is 1. The van der Waals surface area contributed by atoms with E-state index in [0.29, 0.717) is 5.56 Å². The number of ether oxygens (including phenoxy) is 1. The van der Waals surface area contributed by atoms with Crippen LogP contribution in [0.25, 0.3) is 10.9 Å². The van der Waals surface area contributed by atoms with Crippen LogP contribution in [-0.4, -0.2) is 35.4 Å². The highest BCUT2D eigenvalue weighted by molar-refractivity contribution is 7.90. The first-order valence-corrected chi connectivity index (χ1v) is 12.6. The van der Waals surface area contributed by atoms with E-state index in [4.69, 9.17) is 4.74 Å². The molecule has 0 atom stereocenters. The number of rotatable bonds is 5. The molecule has 4 aromatic rings. The molecule has 0 aliphatic heterocycles. The van der Waals surface area contributed by atoms with Crippen molar-refractivity contribution >= 4 is 26.9 Å². The van der Waals surface area contributed by atoms with Gasteiger partial charge in [-0.2, -0.15) is 13.2 Å². The number of nitrogens with zero attached hydrogens (tertiary/aromatic N) is 3. The van der Waals surface area contributed by atoms with E-state index in [0.717, 1.165) is 21.8 Å². The Balaban J connectivity index is 1.93. The summed E-state index contributed by atoms with van der Waals surface area (Å²) in [6, 6.07) is 10.1. The quantitative estimate of drug-likeness (QED) is 0.322. The molecule has 0 saturated heterocycles. The lowest BCUT2D eigenvalue weighted by Gasteiger charge is -2.20. The summed E-state index contributed by atoms with van der Waals surface area (Å²) < 4.78 is 73.6. The third kappa shape index (κ3) is 5.22. The van der Waals surface area contributed by atoms with E-state index in [2.05, 4.69) is 9.97 Å². The van der Waals surface area contributed by atoms with Gasteiger partial charge in [-0.3, -0.25) is 4.98 Å². The Kier molecular flexibility index (Phi) is 6.61. The van der Waals surface area contributed by atoms with Gasteiger partial charge in [0.25, 0.3) is 10.0 Å². The van der Waals surface area contributed by atoms with Crippen LogP contribution in [0.3, 0.4) is 0 Å². The minimum absolute atomic E-state index is 0.00115. The van der Waals surface area contributed by atoms with Crippen LogP contribution in [0.2, 0.25) is 0 Å². The van der Waals surface area contributed by atoms with Crippen LogP contribution in [0.4, 0.5) is 13.2 Å². The Labute approximate surface area is 212 Å². The molecule has 0 fully saturated rings. The van der Waals surface area contributed by atoms with Crippen molar-refractivity contribution in [2.75, 3.05) is 7.11 Å². The maximum atomic E-state index is 13.9. The first kappa shape index (κ1) is 26.3. The fourth-order valence-corrected chi connectivity index (χ4v) is 5.53. The first-order valence-electron chi connectivity index (χ1n) is 11.2. The summed E-state index contributed by atoms with van der Waals surface area (Å²) in [5.74, 6) is -0.625. The molecule has 0 amide bonds. The molecule has 0 aliphatic rings. The fraction of sp³-hybridized carbons (Fsp3) is 0.269. The van der Waals surface area contributed by atoms with Gasteiger partial charge in [-0.15, -0.1) is 0 Å². The average Bonchev–Trinajstić information content (AvgIpc) is 3.20. The van der Waals surface area contributed by atoms with Crippen molar-refractivity contribution in [2.45, 2.75) is 43.7 Å². The standard InChI is InChI=1S/C26H24F3N3O4S/c1-25(2,3)19-6-5-7-21(12-19)37(34,35)32-20(9-16-8-18(14-30-13-16)24(33)36-4)10-17-11-23(26(27,28)29)31-15-22(17)32/h5-8,10-15H,9H2,1-4H3. The number of methoxy groups -OCH3 is 1. The average molecular weight is 532 g/mol. The summed E-state index contributed by atoms with van der Waals surface area (Å²) in [5, 5.41) is 0.0601. The molecule has 0 aliphatic carbocycles. The topological polar surface area (TPSA) is 91.2 Å². The van der Waals surface area contributed by atoms with Gasteiger partial charge in [0.1, 0.15) is 5.69 Å². The van der Waals surface area contributed by atoms with Crippen LogP contribution >= 0.6 is 0 Å². The number of benzene rings is 1. The monoisotopic (exact) mass is 531 g/mol. The van der Waals surface area contributed by atoms with Gasteiger partial charge in [0, 0.05) is 29.9 Å². The number of pyridine rings is 2. The molecule has 11 heteroatoms. The highest BCUT2D eigenvalue weighted by Crippen LogP contribution is 2.33. The summed E-state index contributed by atoms with van der Waals surface area (Å²) in [5.41, 5.74) is 0.113. The summed E-state index contributed by atoms with van der Waals surface area (Å²) >= 11 is 0. The number of hydrogen-bond donors (Lipinski definition) is 0. The normalized spacial score (nSPS) is 12.6. The van der Waals surface area contributed by atoms with E-state index < -0.39 is 27.9 Å². The van der Waals surface area contributed by atoms with Crippen LogP contribution in [0.15, 0.2) is 66.0 Å². The minimum Gasteiger partial charge on any atom is -0.465 e. The molecule has 0 saturated carbocycles. The molecule has 4 rings (SSSR count). The van der Waals surface area contributed by atoms with E-state index in [-0.39, 0.29) is 38.9 Å². The maximum absolute atomic E-state index is 13.9. The van der Waals surface area contributed by atoms with E-state index in [9.17, 15) is 26.4 Å². The van der Waals surface area contributed by atoms with Crippen LogP contribution in [0.1, 0.15) is 53.6 Å². The molecule has 0 spiro atoms. The molecule has 37 heavy (non-hydrogen) atoms. The lowest BCUT2D eigenvalue weighted by Crippen LogP contribution is -2.18. The molecular weight excluding hydrogens is 507 g/mol. The van der Waals surface area contributed by atoms with Crippen molar-refractivity contribution in [3.63, 3.8) is 0 Å². The van der Waals surface area contributed by atoms with Crippen molar-refractivity contribution < 1.29 is 31.1 Å². The number of esters is 1. The Morgan fingerprint density at radius 3 is 2.41 bits per heavy atom. The molecule has 3 aromatic heterocycles. The largest absolute Gasteiger partial charge is 0.465 e. The molecule has 1 aromatic carbocycles. The van der Waals surface area contributed by atoms with Gasteiger partial charge < -0.3 is 4.74 Å². The van der Waals surface area contributed by atoms with Crippen molar-refractivity contribution in [1.29, 1.82) is 0 Å². The van der Waals surface area contributed by atoms with Gasteiger partial charge in [-0.25, -0.2) is 22.2 Å². The van der Waals surface area contributed by atoms with Crippen LogP contribution < -0.4 is 0 Å². The number of fused-ring (bicyclic) bond motifs is 1. The van der Waals surface area contributed by atoms with E-state index in [1.807, 2.05) is 26.8 Å². The second kappa shape index (κ2) is 9.29. The molecule has 194 valence electrons. The van der Waals surface area contributed by atoms with E-state index in [1.165, 1.54) is 37.7 Å². The zero-order chi connectivity index (χ0) is 27.2. The van der Waals surface area contributed by atoms with Gasteiger partial charge >= 0.3 is 12.1 Å². The van der Waals surface area contributed by atoms with Gasteiger partial charge in [-0.05, 0) is 46.9 Å². The van der Waals surface area contributed by atoms with E-state index >= 15 is 0 Å². The molecule has 7 nitrogen and oxygen atoms in total. The summed E-state index contributed by atoms with van der Waals surface area (Å²) in [4.78, 5) is 19.4. The summed E-state index contributed by atoms with van der Waals surface area (Å²) in [6.07, 6.45) is -1.07. The number of hydrogen-bond acceptors (Lipinski definition) is 6. The lowest BCUT2D eigenvalue weighted by atomic mass is 9.87. The van der Waals surface area contributed by atoms with Crippen molar-refractivity contribution in [3.8, 4) is 0 Å². The molecule has 0 unspecified atom stereocenters. The number of alkyl halides is 3. The predicted octanol–water partition coefficient (Wildman–Crippen LogP) is 5.36. The SMILES string of the molecule is COC(=O)c1cncc(Cc2cc3cc(C(F)(F)F)ncc3n2S(=O)(=O)c2cccc(C(C)(C)C)c2)c1. The molecule has 0 radical (unpaired) electrons. The first-order chi connectivity index (χ1) is 17.2. The molecule has 0 bridgehead atoms. The van der Waals surface area contributed by atoms with Crippen LogP contribution in [-0.2, 0) is 32.8 Å². The second-order valence-corrected chi connectivity index (χ2v) is 11.3. The third-order valence-electron chi connectivity index (χ3n) is 5.85. The van der Waals surface area contributed by atoms with Gasteiger partial charge in [0.2, 0.25) is 0 Å². The van der Waals surface area contributed by atoms with Gasteiger partial charge in [0.05, 0.1) is 29.3 Å². The third-order valence-corrected chi connectivity index (χ3v) is 7.61. The maximum Gasteiger partial charge on any atom is 0.433 e. The Bertz CT molecular complexity index is 1600. The lowest BCUT2D eigenvalue weighted by molar-refractivity contribution is -0.141. The molecule has 3 heterocycles. The van der Waals surface area contributed by atoms with Crippen LogP contribution in [0.5, 0.6) is 0 Å². The van der Waals surface area contributed by atoms with Gasteiger partial charge in [0.15, 0.2) is 0 Å². The highest BCUT2D eigenvalue weighted by Gasteiger charge is 2.34. The summed E-state index contributed by atoms with van der Waals surface area (Å²) in [7, 11) is -3.03. The fourth-order valence-electron chi connectivity index (χ4n) is 3.95. The zero-order valence-electron chi connectivity index (χ0n) is 20.5.